The fraction of sp³-hybridized carbons (Fsp3) is 0.136. The Morgan fingerprint density at radius 1 is 0.929 bits per heavy atom. The van der Waals surface area contributed by atoms with E-state index in [-0.39, 0.29) is 11.8 Å². The van der Waals surface area contributed by atoms with Crippen molar-refractivity contribution in [3.63, 3.8) is 0 Å². The molecule has 0 fully saturated rings. The van der Waals surface area contributed by atoms with Gasteiger partial charge in [0.1, 0.15) is 0 Å². The van der Waals surface area contributed by atoms with E-state index in [0.29, 0.717) is 30.6 Å². The largest absolute Gasteiger partial charge is 0.352 e. The maximum atomic E-state index is 12.4. The second-order valence-electron chi connectivity index (χ2n) is 6.22. The molecule has 0 aliphatic rings. The van der Waals surface area contributed by atoms with Gasteiger partial charge in [0, 0.05) is 35.5 Å². The number of amides is 2. The van der Waals surface area contributed by atoms with E-state index in [1.165, 1.54) is 6.20 Å². The molecule has 0 saturated carbocycles. The Morgan fingerprint density at radius 3 is 2.43 bits per heavy atom. The van der Waals surface area contributed by atoms with E-state index in [1.807, 2.05) is 48.5 Å². The van der Waals surface area contributed by atoms with Crippen molar-refractivity contribution in [1.29, 1.82) is 0 Å². The van der Waals surface area contributed by atoms with Gasteiger partial charge >= 0.3 is 0 Å². The molecule has 0 spiro atoms. The molecule has 0 unspecified atom stereocenters. The van der Waals surface area contributed by atoms with Gasteiger partial charge < -0.3 is 10.6 Å². The molecule has 0 saturated heterocycles. The van der Waals surface area contributed by atoms with Crippen LogP contribution in [0.25, 0.3) is 0 Å². The number of hydrogen-bond donors (Lipinski definition) is 2. The van der Waals surface area contributed by atoms with Crippen molar-refractivity contribution < 1.29 is 9.59 Å². The minimum absolute atomic E-state index is 0.0378. The number of benzene rings is 2. The number of nitrogens with zero attached hydrogens (tertiary/aromatic N) is 1. The average molecular weight is 438 g/mol. The highest BCUT2D eigenvalue weighted by molar-refractivity contribution is 9.10. The summed E-state index contributed by atoms with van der Waals surface area (Å²) in [5.41, 5.74) is 3.09. The summed E-state index contributed by atoms with van der Waals surface area (Å²) in [4.78, 5) is 28.5. The first-order chi connectivity index (χ1) is 13.6. The smallest absolute Gasteiger partial charge is 0.257 e. The van der Waals surface area contributed by atoms with Crippen LogP contribution in [0.1, 0.15) is 27.9 Å². The van der Waals surface area contributed by atoms with E-state index in [4.69, 9.17) is 0 Å². The number of hydrogen-bond acceptors (Lipinski definition) is 3. The van der Waals surface area contributed by atoms with E-state index >= 15 is 0 Å². The molecule has 1 aromatic heterocycles. The van der Waals surface area contributed by atoms with E-state index in [1.54, 1.807) is 18.3 Å². The fourth-order valence-electron chi connectivity index (χ4n) is 2.72. The predicted octanol–water partition coefficient (Wildman–Crippen LogP) is 4.35. The molecular formula is C22H20BrN3O2. The molecule has 0 aliphatic heterocycles. The number of halogens is 1. The molecular weight excluding hydrogens is 418 g/mol. The van der Waals surface area contributed by atoms with Gasteiger partial charge in [0.2, 0.25) is 5.91 Å². The molecule has 3 aromatic rings. The number of rotatable bonds is 7. The number of carbonyl (C=O) groups is 2. The van der Waals surface area contributed by atoms with Gasteiger partial charge in [0.05, 0.1) is 5.56 Å². The van der Waals surface area contributed by atoms with Crippen LogP contribution in [0.2, 0.25) is 0 Å². The summed E-state index contributed by atoms with van der Waals surface area (Å²) < 4.78 is 1.01. The molecule has 0 radical (unpaired) electrons. The zero-order valence-electron chi connectivity index (χ0n) is 15.2. The molecule has 6 heteroatoms. The molecule has 2 amide bonds. The number of para-hydroxylation sites is 1. The lowest BCUT2D eigenvalue weighted by atomic mass is 10.1. The first kappa shape index (κ1) is 19.8. The van der Waals surface area contributed by atoms with Gasteiger partial charge in [0.15, 0.2) is 0 Å². The number of pyridine rings is 1. The molecule has 0 aliphatic carbocycles. The van der Waals surface area contributed by atoms with Crippen LogP contribution < -0.4 is 10.6 Å². The molecule has 0 bridgehead atoms. The SMILES string of the molecule is O=C(CCc1ccccc1Br)NCc1ccccc1NC(=O)c1cccnc1. The Labute approximate surface area is 172 Å². The summed E-state index contributed by atoms with van der Waals surface area (Å²) >= 11 is 3.50. The standard InChI is InChI=1S/C22H20BrN3O2/c23-19-9-3-1-6-16(19)11-12-21(27)25-15-17-7-2-4-10-20(17)26-22(28)18-8-5-13-24-14-18/h1-10,13-14H,11-12,15H2,(H,25,27)(H,26,28). The topological polar surface area (TPSA) is 71.1 Å². The Kier molecular flexibility index (Phi) is 6.92. The van der Waals surface area contributed by atoms with Crippen LogP contribution in [-0.2, 0) is 17.8 Å². The van der Waals surface area contributed by atoms with Crippen molar-refractivity contribution in [2.24, 2.45) is 0 Å². The van der Waals surface area contributed by atoms with Crippen LogP contribution in [0.5, 0.6) is 0 Å². The summed E-state index contributed by atoms with van der Waals surface area (Å²) in [6, 6.07) is 18.7. The van der Waals surface area contributed by atoms with E-state index < -0.39 is 0 Å². The van der Waals surface area contributed by atoms with Gasteiger partial charge in [-0.25, -0.2) is 0 Å². The molecule has 5 nitrogen and oxygen atoms in total. The van der Waals surface area contributed by atoms with Crippen LogP contribution in [0.15, 0.2) is 77.5 Å². The Bertz CT molecular complexity index is 961. The highest BCUT2D eigenvalue weighted by Crippen LogP contribution is 2.18. The summed E-state index contributed by atoms with van der Waals surface area (Å²) in [6.45, 7) is 0.346. The molecule has 2 N–H and O–H groups in total. The molecule has 142 valence electrons. The van der Waals surface area contributed by atoms with E-state index in [2.05, 4.69) is 31.5 Å². The quantitative estimate of drug-likeness (QED) is 0.577. The predicted molar refractivity (Wildman–Crippen MR) is 113 cm³/mol. The summed E-state index contributed by atoms with van der Waals surface area (Å²) in [5, 5.41) is 5.80. The van der Waals surface area contributed by atoms with E-state index in [9.17, 15) is 9.59 Å². The third-order valence-corrected chi connectivity index (χ3v) is 5.02. The van der Waals surface area contributed by atoms with Crippen LogP contribution in [0.3, 0.4) is 0 Å². The van der Waals surface area contributed by atoms with Gasteiger partial charge in [0.25, 0.3) is 5.91 Å². The monoisotopic (exact) mass is 437 g/mol. The van der Waals surface area contributed by atoms with Gasteiger partial charge in [-0.05, 0) is 41.8 Å². The Morgan fingerprint density at radius 2 is 1.68 bits per heavy atom. The van der Waals surface area contributed by atoms with Crippen molar-refractivity contribution in [2.45, 2.75) is 19.4 Å². The molecule has 28 heavy (non-hydrogen) atoms. The fourth-order valence-corrected chi connectivity index (χ4v) is 3.20. The minimum atomic E-state index is -0.235. The molecule has 0 atom stereocenters. The first-order valence-electron chi connectivity index (χ1n) is 8.93. The van der Waals surface area contributed by atoms with Gasteiger partial charge in [-0.3, -0.25) is 14.6 Å². The Hall–Kier alpha value is -2.99. The number of nitrogens with one attached hydrogen (secondary N) is 2. The third kappa shape index (κ3) is 5.50. The van der Waals surface area contributed by atoms with Crippen molar-refractivity contribution >= 4 is 33.4 Å². The Balaban J connectivity index is 1.56. The van der Waals surface area contributed by atoms with Crippen molar-refractivity contribution in [2.75, 3.05) is 5.32 Å². The lowest BCUT2D eigenvalue weighted by Crippen LogP contribution is -2.24. The maximum absolute atomic E-state index is 12.4. The van der Waals surface area contributed by atoms with Crippen molar-refractivity contribution in [1.82, 2.24) is 10.3 Å². The molecule has 2 aromatic carbocycles. The lowest BCUT2D eigenvalue weighted by Gasteiger charge is -2.12. The highest BCUT2D eigenvalue weighted by Gasteiger charge is 2.10. The minimum Gasteiger partial charge on any atom is -0.352 e. The number of aryl methyl sites for hydroxylation is 1. The van der Waals surface area contributed by atoms with Crippen LogP contribution in [0, 0.1) is 0 Å². The van der Waals surface area contributed by atoms with Crippen LogP contribution >= 0.6 is 15.9 Å². The number of aromatic nitrogens is 1. The van der Waals surface area contributed by atoms with Gasteiger partial charge in [-0.15, -0.1) is 0 Å². The number of carbonyl (C=O) groups excluding carboxylic acids is 2. The highest BCUT2D eigenvalue weighted by atomic mass is 79.9. The van der Waals surface area contributed by atoms with Crippen LogP contribution in [0.4, 0.5) is 5.69 Å². The normalized spacial score (nSPS) is 10.3. The number of anilines is 1. The van der Waals surface area contributed by atoms with Gasteiger partial charge in [-0.1, -0.05) is 52.3 Å². The summed E-state index contributed by atoms with van der Waals surface area (Å²) in [6.07, 6.45) is 4.19. The zero-order chi connectivity index (χ0) is 19.8. The summed E-state index contributed by atoms with van der Waals surface area (Å²) in [5.74, 6) is -0.273. The lowest BCUT2D eigenvalue weighted by molar-refractivity contribution is -0.121. The average Bonchev–Trinajstić information content (AvgIpc) is 2.73. The van der Waals surface area contributed by atoms with E-state index in [0.717, 1.165) is 15.6 Å². The molecule has 1 heterocycles. The maximum Gasteiger partial charge on any atom is 0.257 e. The molecule has 3 rings (SSSR count). The second-order valence-corrected chi connectivity index (χ2v) is 7.08. The van der Waals surface area contributed by atoms with Gasteiger partial charge in [-0.2, -0.15) is 0 Å². The zero-order valence-corrected chi connectivity index (χ0v) is 16.8. The first-order valence-corrected chi connectivity index (χ1v) is 9.72. The third-order valence-electron chi connectivity index (χ3n) is 4.24. The summed E-state index contributed by atoms with van der Waals surface area (Å²) in [7, 11) is 0. The second kappa shape index (κ2) is 9.80. The van der Waals surface area contributed by atoms with Crippen molar-refractivity contribution in [3.05, 3.63) is 94.2 Å². The van der Waals surface area contributed by atoms with Crippen LogP contribution in [-0.4, -0.2) is 16.8 Å². The van der Waals surface area contributed by atoms with Crippen molar-refractivity contribution in [3.8, 4) is 0 Å².